The van der Waals surface area contributed by atoms with Crippen LogP contribution in [0.25, 0.3) is 22.0 Å². The maximum atomic E-state index is 13.2. The van der Waals surface area contributed by atoms with Gasteiger partial charge in [-0.1, -0.05) is 18.2 Å². The lowest BCUT2D eigenvalue weighted by molar-refractivity contribution is 0.0920. The van der Waals surface area contributed by atoms with Gasteiger partial charge in [-0.2, -0.15) is 5.10 Å². The van der Waals surface area contributed by atoms with E-state index in [-0.39, 0.29) is 11.4 Å². The van der Waals surface area contributed by atoms with E-state index in [2.05, 4.69) is 20.7 Å². The van der Waals surface area contributed by atoms with Crippen LogP contribution in [0.1, 0.15) is 38.1 Å². The molecular formula is C26H29N5O2. The fourth-order valence-electron chi connectivity index (χ4n) is 3.67. The molecule has 2 N–H and O–H groups in total. The van der Waals surface area contributed by atoms with E-state index in [0.29, 0.717) is 17.0 Å². The number of para-hydroxylation sites is 1. The minimum absolute atomic E-state index is 0.188. The molecule has 0 fully saturated rings. The Morgan fingerprint density at radius 3 is 2.52 bits per heavy atom. The molecule has 0 radical (unpaired) electrons. The first-order chi connectivity index (χ1) is 15.8. The molecule has 33 heavy (non-hydrogen) atoms. The van der Waals surface area contributed by atoms with Crippen molar-refractivity contribution in [2.75, 3.05) is 12.4 Å². The number of nitrogens with one attached hydrogen (secondary N) is 2. The van der Waals surface area contributed by atoms with Crippen molar-refractivity contribution in [3.05, 3.63) is 66.6 Å². The Labute approximate surface area is 193 Å². The van der Waals surface area contributed by atoms with E-state index >= 15 is 0 Å². The van der Waals surface area contributed by atoms with Crippen molar-refractivity contribution in [3.63, 3.8) is 0 Å². The van der Waals surface area contributed by atoms with Crippen molar-refractivity contribution in [2.45, 2.75) is 39.8 Å². The largest absolute Gasteiger partial charge is 0.496 e. The molecule has 7 nitrogen and oxygen atoms in total. The van der Waals surface area contributed by atoms with Crippen LogP contribution in [0.4, 0.5) is 11.4 Å². The molecule has 0 unspecified atom stereocenters. The summed E-state index contributed by atoms with van der Waals surface area (Å²) < 4.78 is 7.54. The lowest BCUT2D eigenvalue weighted by atomic mass is 10.0. The molecule has 1 amide bonds. The van der Waals surface area contributed by atoms with Gasteiger partial charge in [0.25, 0.3) is 5.91 Å². The molecule has 0 saturated heterocycles. The molecule has 2 aromatic carbocycles. The van der Waals surface area contributed by atoms with E-state index in [1.54, 1.807) is 13.3 Å². The van der Waals surface area contributed by atoms with Gasteiger partial charge in [-0.15, -0.1) is 0 Å². The van der Waals surface area contributed by atoms with E-state index in [9.17, 15) is 4.79 Å². The van der Waals surface area contributed by atoms with Crippen LogP contribution in [0, 0.1) is 0 Å². The van der Waals surface area contributed by atoms with E-state index in [4.69, 9.17) is 4.74 Å². The molecule has 0 saturated carbocycles. The average molecular weight is 444 g/mol. The normalized spacial score (nSPS) is 11.4. The van der Waals surface area contributed by atoms with Crippen LogP contribution in [0.5, 0.6) is 5.75 Å². The number of anilines is 2. The van der Waals surface area contributed by atoms with E-state index in [1.165, 1.54) is 0 Å². The molecule has 4 aromatic rings. The molecule has 2 aromatic heterocycles. The maximum absolute atomic E-state index is 13.2. The molecular weight excluding hydrogens is 414 g/mol. The first-order valence-electron chi connectivity index (χ1n) is 11.0. The van der Waals surface area contributed by atoms with Gasteiger partial charge in [-0.3, -0.25) is 14.5 Å². The second-order valence-electron chi connectivity index (χ2n) is 8.90. The number of nitrogens with zero attached hydrogens (tertiary/aromatic N) is 3. The van der Waals surface area contributed by atoms with Gasteiger partial charge in [0.05, 0.1) is 30.1 Å². The van der Waals surface area contributed by atoms with Crippen molar-refractivity contribution in [2.24, 2.45) is 0 Å². The highest BCUT2D eigenvalue weighted by Crippen LogP contribution is 2.38. The van der Waals surface area contributed by atoms with Gasteiger partial charge < -0.3 is 15.4 Å². The molecule has 170 valence electrons. The van der Waals surface area contributed by atoms with Crippen LogP contribution in [0.2, 0.25) is 0 Å². The lowest BCUT2D eigenvalue weighted by Crippen LogP contribution is -2.40. The Bertz CT molecular complexity index is 1290. The van der Waals surface area contributed by atoms with Crippen LogP contribution in [0.3, 0.4) is 0 Å². The third-order valence-corrected chi connectivity index (χ3v) is 5.23. The highest BCUT2D eigenvalue weighted by atomic mass is 16.5. The highest BCUT2D eigenvalue weighted by Gasteiger charge is 2.22. The van der Waals surface area contributed by atoms with Gasteiger partial charge in [-0.25, -0.2) is 0 Å². The summed E-state index contributed by atoms with van der Waals surface area (Å²) in [5.41, 5.74) is 4.22. The number of aromatic nitrogens is 3. The molecule has 7 heteroatoms. The Morgan fingerprint density at radius 2 is 1.88 bits per heavy atom. The summed E-state index contributed by atoms with van der Waals surface area (Å²) in [4.78, 5) is 17.8. The number of hydrogen-bond donors (Lipinski definition) is 2. The van der Waals surface area contributed by atoms with Gasteiger partial charge >= 0.3 is 0 Å². The van der Waals surface area contributed by atoms with Crippen LogP contribution >= 0.6 is 0 Å². The fraction of sp³-hybridized carbons (Fsp3) is 0.269. The highest BCUT2D eigenvalue weighted by molar-refractivity contribution is 6.09. The summed E-state index contributed by atoms with van der Waals surface area (Å²) in [5.74, 6) is 0.509. The summed E-state index contributed by atoms with van der Waals surface area (Å²) in [7, 11) is 1.64. The molecule has 0 atom stereocenters. The number of ether oxygens (including phenoxy) is 1. The van der Waals surface area contributed by atoms with Gasteiger partial charge in [0.15, 0.2) is 0 Å². The van der Waals surface area contributed by atoms with Gasteiger partial charge in [-0.05, 0) is 45.9 Å². The summed E-state index contributed by atoms with van der Waals surface area (Å²) >= 11 is 0. The zero-order valence-corrected chi connectivity index (χ0v) is 19.6. The average Bonchev–Trinajstić information content (AvgIpc) is 3.27. The van der Waals surface area contributed by atoms with Crippen LogP contribution in [0.15, 0.2) is 61.1 Å². The topological polar surface area (TPSA) is 81.1 Å². The molecule has 2 heterocycles. The minimum Gasteiger partial charge on any atom is -0.496 e. The second kappa shape index (κ2) is 8.94. The van der Waals surface area contributed by atoms with Crippen molar-refractivity contribution in [1.82, 2.24) is 20.1 Å². The van der Waals surface area contributed by atoms with Crippen LogP contribution in [-0.2, 0) is 6.54 Å². The number of aryl methyl sites for hydroxylation is 1. The SMILES string of the molecule is CCn1cc(-c2cc3c(Nc4ccccc4)c(C(=O)NC(C)(C)C)cnc3cc2OC)cn1. The number of amides is 1. The smallest absolute Gasteiger partial charge is 0.255 e. The molecule has 0 aliphatic carbocycles. The second-order valence-corrected chi connectivity index (χ2v) is 8.90. The molecule has 0 spiro atoms. The number of carbonyl (C=O) groups excluding carboxylic acids is 1. The summed E-state index contributed by atoms with van der Waals surface area (Å²) in [6.07, 6.45) is 5.42. The Kier molecular flexibility index (Phi) is 6.05. The first kappa shape index (κ1) is 22.3. The van der Waals surface area contributed by atoms with Crippen LogP contribution in [-0.4, -0.2) is 33.3 Å². The number of hydrogen-bond acceptors (Lipinski definition) is 5. The van der Waals surface area contributed by atoms with E-state index < -0.39 is 0 Å². The van der Waals surface area contributed by atoms with Crippen molar-refractivity contribution >= 4 is 28.2 Å². The lowest BCUT2D eigenvalue weighted by Gasteiger charge is -2.22. The minimum atomic E-state index is -0.379. The maximum Gasteiger partial charge on any atom is 0.255 e. The molecule has 0 aliphatic heterocycles. The number of benzene rings is 2. The summed E-state index contributed by atoms with van der Waals surface area (Å²) in [6.45, 7) is 8.68. The van der Waals surface area contributed by atoms with Crippen LogP contribution < -0.4 is 15.4 Å². The van der Waals surface area contributed by atoms with E-state index in [1.807, 2.05) is 87.2 Å². The van der Waals surface area contributed by atoms with Gasteiger partial charge in [0.2, 0.25) is 0 Å². The van der Waals surface area contributed by atoms with E-state index in [0.717, 1.165) is 34.3 Å². The fourth-order valence-corrected chi connectivity index (χ4v) is 3.67. The van der Waals surface area contributed by atoms with Crippen molar-refractivity contribution in [3.8, 4) is 16.9 Å². The third kappa shape index (κ3) is 4.82. The molecule has 4 rings (SSSR count). The standard InChI is InChI=1S/C26H29N5O2/c1-6-31-16-17(14-28-31)19-12-20-22(13-23(19)33-5)27-15-21(25(32)30-26(2,3)4)24(20)29-18-10-8-7-9-11-18/h7-16H,6H2,1-5H3,(H,27,29)(H,30,32). The number of methoxy groups -OCH3 is 1. The third-order valence-electron chi connectivity index (χ3n) is 5.23. The number of rotatable bonds is 6. The zero-order chi connectivity index (χ0) is 23.6. The Hall–Kier alpha value is -3.87. The summed E-state index contributed by atoms with van der Waals surface area (Å²) in [5, 5.41) is 11.7. The van der Waals surface area contributed by atoms with Gasteiger partial charge in [0.1, 0.15) is 5.75 Å². The number of pyridine rings is 1. The number of carbonyl (C=O) groups is 1. The summed E-state index contributed by atoms with van der Waals surface area (Å²) in [6, 6.07) is 13.7. The Morgan fingerprint density at radius 1 is 1.12 bits per heavy atom. The zero-order valence-electron chi connectivity index (χ0n) is 19.6. The first-order valence-corrected chi connectivity index (χ1v) is 11.0. The van der Waals surface area contributed by atoms with Crippen molar-refractivity contribution in [1.29, 1.82) is 0 Å². The van der Waals surface area contributed by atoms with Gasteiger partial charge in [0, 0.05) is 52.7 Å². The molecule has 0 aliphatic rings. The monoisotopic (exact) mass is 443 g/mol. The predicted octanol–water partition coefficient (Wildman–Crippen LogP) is 5.40. The number of fused-ring (bicyclic) bond motifs is 1. The van der Waals surface area contributed by atoms with Crippen molar-refractivity contribution < 1.29 is 9.53 Å². The Balaban J connectivity index is 1.94. The quantitative estimate of drug-likeness (QED) is 0.417. The molecule has 0 bridgehead atoms. The predicted molar refractivity (Wildman–Crippen MR) is 132 cm³/mol.